The third-order valence-corrected chi connectivity index (χ3v) is 3.37. The van der Waals surface area contributed by atoms with E-state index in [1.165, 1.54) is 0 Å². The Kier molecular flexibility index (Phi) is 4.68. The van der Waals surface area contributed by atoms with Gasteiger partial charge in [0.15, 0.2) is 0 Å². The Morgan fingerprint density at radius 2 is 1.68 bits per heavy atom. The van der Waals surface area contributed by atoms with E-state index in [-0.39, 0.29) is 24.3 Å². The number of hydrogen-bond acceptors (Lipinski definition) is 5. The zero-order valence-corrected chi connectivity index (χ0v) is 13.2. The van der Waals surface area contributed by atoms with Gasteiger partial charge in [-0.3, -0.25) is 9.59 Å². The molecule has 2 aliphatic heterocycles. The molecule has 0 bridgehead atoms. The molecule has 122 valence electrons. The Labute approximate surface area is 129 Å². The van der Waals surface area contributed by atoms with Gasteiger partial charge in [0.25, 0.3) is 5.91 Å². The number of piperazine rings is 1. The molecule has 0 spiro atoms. The first-order chi connectivity index (χ1) is 10.3. The zero-order valence-electron chi connectivity index (χ0n) is 13.2. The highest BCUT2D eigenvalue weighted by molar-refractivity contribution is 6.39. The van der Waals surface area contributed by atoms with E-state index in [2.05, 4.69) is 10.5 Å². The van der Waals surface area contributed by atoms with Crippen molar-refractivity contribution in [1.29, 1.82) is 0 Å². The van der Waals surface area contributed by atoms with Crippen molar-refractivity contribution in [3.05, 3.63) is 0 Å². The Balaban J connectivity index is 1.85. The summed E-state index contributed by atoms with van der Waals surface area (Å²) in [6.45, 7) is 7.19. The molecule has 8 heteroatoms. The number of hydrogen-bond donors (Lipinski definition) is 1. The predicted molar refractivity (Wildman–Crippen MR) is 79.2 cm³/mol. The van der Waals surface area contributed by atoms with Gasteiger partial charge in [-0.25, -0.2) is 10.2 Å². The molecule has 2 aliphatic rings. The maximum Gasteiger partial charge on any atom is 0.410 e. The summed E-state index contributed by atoms with van der Waals surface area (Å²) < 4.78 is 5.31. The van der Waals surface area contributed by atoms with Crippen molar-refractivity contribution in [2.24, 2.45) is 5.10 Å². The molecule has 22 heavy (non-hydrogen) atoms. The quantitative estimate of drug-likeness (QED) is 0.755. The van der Waals surface area contributed by atoms with Crippen molar-refractivity contribution >= 4 is 23.6 Å². The Bertz CT molecular complexity index is 501. The van der Waals surface area contributed by atoms with Crippen molar-refractivity contribution in [1.82, 2.24) is 15.2 Å². The van der Waals surface area contributed by atoms with Gasteiger partial charge in [-0.15, -0.1) is 0 Å². The third-order valence-electron chi connectivity index (χ3n) is 3.37. The Morgan fingerprint density at radius 1 is 1.09 bits per heavy atom. The molecule has 0 unspecified atom stereocenters. The van der Waals surface area contributed by atoms with Crippen LogP contribution in [0.1, 0.15) is 33.6 Å². The standard InChI is InChI=1S/C14H22N4O4/c1-14(2,3)22-13(21)18-8-6-17(7-9-18)12(20)10-4-5-11(19)16-15-10/h4-9H2,1-3H3,(H,16,19). The Hall–Kier alpha value is -2.12. The molecule has 0 saturated carbocycles. The topological polar surface area (TPSA) is 91.3 Å². The second-order valence-corrected chi connectivity index (χ2v) is 6.35. The molecule has 0 radical (unpaired) electrons. The SMILES string of the molecule is CC(C)(C)OC(=O)N1CCN(C(=O)C2=NNC(=O)CC2)CC1. The minimum absolute atomic E-state index is 0.175. The first-order valence-corrected chi connectivity index (χ1v) is 7.39. The summed E-state index contributed by atoms with van der Waals surface area (Å²) in [6.07, 6.45) is 0.279. The number of carbonyl (C=O) groups excluding carboxylic acids is 3. The smallest absolute Gasteiger partial charge is 0.410 e. The average Bonchev–Trinajstić information content (AvgIpc) is 2.46. The number of ether oxygens (including phenoxy) is 1. The van der Waals surface area contributed by atoms with Crippen LogP contribution in [0.15, 0.2) is 5.10 Å². The van der Waals surface area contributed by atoms with Crippen molar-refractivity contribution in [2.45, 2.75) is 39.2 Å². The molecule has 0 atom stereocenters. The van der Waals surface area contributed by atoms with Crippen LogP contribution in [0.2, 0.25) is 0 Å². The second-order valence-electron chi connectivity index (χ2n) is 6.35. The summed E-state index contributed by atoms with van der Waals surface area (Å²) in [6, 6.07) is 0. The van der Waals surface area contributed by atoms with Crippen LogP contribution in [-0.2, 0) is 14.3 Å². The van der Waals surface area contributed by atoms with Crippen LogP contribution in [0.5, 0.6) is 0 Å². The van der Waals surface area contributed by atoms with Gasteiger partial charge in [-0.2, -0.15) is 5.10 Å². The molecule has 0 aromatic heterocycles. The third kappa shape index (κ3) is 4.19. The van der Waals surface area contributed by atoms with Gasteiger partial charge < -0.3 is 14.5 Å². The van der Waals surface area contributed by atoms with Crippen LogP contribution in [-0.4, -0.2) is 65.2 Å². The van der Waals surface area contributed by atoms with E-state index in [1.807, 2.05) is 20.8 Å². The normalized spacial score (nSPS) is 19.4. The van der Waals surface area contributed by atoms with E-state index in [0.717, 1.165) is 0 Å². The minimum atomic E-state index is -0.529. The second kappa shape index (κ2) is 6.33. The van der Waals surface area contributed by atoms with Gasteiger partial charge in [-0.05, 0) is 20.8 Å². The summed E-state index contributed by atoms with van der Waals surface area (Å²) in [7, 11) is 0. The van der Waals surface area contributed by atoms with Gasteiger partial charge in [0, 0.05) is 39.0 Å². The number of rotatable bonds is 1. The first-order valence-electron chi connectivity index (χ1n) is 7.39. The lowest BCUT2D eigenvalue weighted by Crippen LogP contribution is -2.53. The molecule has 2 rings (SSSR count). The summed E-state index contributed by atoms with van der Waals surface area (Å²) in [5, 5.41) is 3.81. The molecule has 0 aromatic carbocycles. The maximum absolute atomic E-state index is 12.3. The lowest BCUT2D eigenvalue weighted by molar-refractivity contribution is -0.126. The first kappa shape index (κ1) is 16.3. The fourth-order valence-electron chi connectivity index (χ4n) is 2.23. The number of hydrazone groups is 1. The average molecular weight is 310 g/mol. The van der Waals surface area contributed by atoms with E-state index >= 15 is 0 Å². The van der Waals surface area contributed by atoms with Crippen LogP contribution < -0.4 is 5.43 Å². The van der Waals surface area contributed by atoms with Crippen molar-refractivity contribution in [2.75, 3.05) is 26.2 Å². The van der Waals surface area contributed by atoms with E-state index in [4.69, 9.17) is 4.74 Å². The largest absolute Gasteiger partial charge is 0.444 e. The number of nitrogens with zero attached hydrogens (tertiary/aromatic N) is 3. The molecule has 0 aromatic rings. The molecule has 1 N–H and O–H groups in total. The van der Waals surface area contributed by atoms with E-state index in [0.29, 0.717) is 38.3 Å². The highest BCUT2D eigenvalue weighted by Gasteiger charge is 2.30. The van der Waals surface area contributed by atoms with Crippen LogP contribution >= 0.6 is 0 Å². The predicted octanol–water partition coefficient (Wildman–Crippen LogP) is 0.332. The monoisotopic (exact) mass is 310 g/mol. The number of carbonyl (C=O) groups is 3. The summed E-state index contributed by atoms with van der Waals surface area (Å²) in [5.41, 5.74) is 2.16. The summed E-state index contributed by atoms with van der Waals surface area (Å²) in [5.74, 6) is -0.352. The minimum Gasteiger partial charge on any atom is -0.444 e. The molecule has 8 nitrogen and oxygen atoms in total. The fourth-order valence-corrected chi connectivity index (χ4v) is 2.23. The van der Waals surface area contributed by atoms with Gasteiger partial charge in [-0.1, -0.05) is 0 Å². The van der Waals surface area contributed by atoms with Gasteiger partial charge >= 0.3 is 6.09 Å². The van der Waals surface area contributed by atoms with Crippen LogP contribution in [0, 0.1) is 0 Å². The number of nitrogens with one attached hydrogen (secondary N) is 1. The zero-order chi connectivity index (χ0) is 16.3. The molecule has 1 saturated heterocycles. The van der Waals surface area contributed by atoms with E-state index < -0.39 is 5.60 Å². The Morgan fingerprint density at radius 3 is 2.18 bits per heavy atom. The lowest BCUT2D eigenvalue weighted by Gasteiger charge is -2.35. The van der Waals surface area contributed by atoms with Gasteiger partial charge in [0.2, 0.25) is 5.91 Å². The molecule has 0 aliphatic carbocycles. The van der Waals surface area contributed by atoms with Crippen molar-refractivity contribution in [3.8, 4) is 0 Å². The lowest BCUT2D eigenvalue weighted by atomic mass is 10.1. The fraction of sp³-hybridized carbons (Fsp3) is 0.714. The van der Waals surface area contributed by atoms with Gasteiger partial charge in [0.05, 0.1) is 0 Å². The molecule has 3 amide bonds. The highest BCUT2D eigenvalue weighted by atomic mass is 16.6. The van der Waals surface area contributed by atoms with Crippen LogP contribution in [0.4, 0.5) is 4.79 Å². The molecular weight excluding hydrogens is 288 g/mol. The number of amides is 3. The van der Waals surface area contributed by atoms with E-state index in [9.17, 15) is 14.4 Å². The highest BCUT2D eigenvalue weighted by Crippen LogP contribution is 2.13. The maximum atomic E-state index is 12.3. The van der Waals surface area contributed by atoms with Crippen LogP contribution in [0.25, 0.3) is 0 Å². The summed E-state index contributed by atoms with van der Waals surface area (Å²) >= 11 is 0. The van der Waals surface area contributed by atoms with Gasteiger partial charge in [0.1, 0.15) is 11.3 Å². The van der Waals surface area contributed by atoms with Crippen molar-refractivity contribution in [3.63, 3.8) is 0 Å². The van der Waals surface area contributed by atoms with Crippen LogP contribution in [0.3, 0.4) is 0 Å². The summed E-state index contributed by atoms with van der Waals surface area (Å²) in [4.78, 5) is 38.5. The van der Waals surface area contributed by atoms with E-state index in [1.54, 1.807) is 9.80 Å². The van der Waals surface area contributed by atoms with Crippen molar-refractivity contribution < 1.29 is 19.1 Å². The molecular formula is C14H22N4O4. The molecule has 1 fully saturated rings. The molecule has 2 heterocycles.